The highest BCUT2D eigenvalue weighted by Crippen LogP contribution is 2.21. The molecule has 1 amide bonds. The number of amides is 1. The van der Waals surface area contributed by atoms with E-state index in [-0.39, 0.29) is 17.2 Å². The van der Waals surface area contributed by atoms with Gasteiger partial charge in [-0.05, 0) is 77.8 Å². The molecule has 8 heteroatoms. The van der Waals surface area contributed by atoms with E-state index < -0.39 is 0 Å². The number of pyridine rings is 1. The maximum absolute atomic E-state index is 12.9. The quantitative estimate of drug-likeness (QED) is 0.521. The lowest BCUT2D eigenvalue weighted by Crippen LogP contribution is -2.22. The molecule has 3 aromatic heterocycles. The van der Waals surface area contributed by atoms with Gasteiger partial charge in [-0.15, -0.1) is 0 Å². The van der Waals surface area contributed by atoms with E-state index in [2.05, 4.69) is 31.2 Å². The van der Waals surface area contributed by atoms with Gasteiger partial charge in [0.1, 0.15) is 5.82 Å². The zero-order valence-corrected chi connectivity index (χ0v) is 16.6. The van der Waals surface area contributed by atoms with Gasteiger partial charge >= 0.3 is 0 Å². The molecule has 0 bridgehead atoms. The average Bonchev–Trinajstić information content (AvgIpc) is 3.10. The Morgan fingerprint density at radius 2 is 2.00 bits per heavy atom. The number of nitrogens with one attached hydrogen (secondary N) is 1. The summed E-state index contributed by atoms with van der Waals surface area (Å²) in [7, 11) is 0. The molecule has 0 aliphatic carbocycles. The number of fused-ring (bicyclic) bond motifs is 1. The Hall–Kier alpha value is -3.26. The van der Waals surface area contributed by atoms with Crippen LogP contribution in [-0.4, -0.2) is 20.4 Å². The van der Waals surface area contributed by atoms with Crippen LogP contribution in [0.5, 0.6) is 0 Å². The van der Waals surface area contributed by atoms with Crippen molar-refractivity contribution in [2.75, 3.05) is 5.32 Å². The molecule has 0 radical (unpaired) electrons. The van der Waals surface area contributed by atoms with E-state index in [0.717, 1.165) is 5.56 Å². The number of aromatic nitrogens is 3. The van der Waals surface area contributed by atoms with Crippen LogP contribution in [0.2, 0.25) is 0 Å². The molecule has 140 valence electrons. The minimum Gasteiger partial charge on any atom is -0.444 e. The Labute approximate surface area is 168 Å². The molecule has 0 spiro atoms. The fourth-order valence-electron chi connectivity index (χ4n) is 2.98. The summed E-state index contributed by atoms with van der Waals surface area (Å²) < 4.78 is 7.29. The predicted molar refractivity (Wildman–Crippen MR) is 109 cm³/mol. The smallest absolute Gasteiger partial charge is 0.291 e. The summed E-state index contributed by atoms with van der Waals surface area (Å²) in [5.41, 5.74) is 2.33. The Morgan fingerprint density at radius 1 is 1.18 bits per heavy atom. The van der Waals surface area contributed by atoms with Crippen LogP contribution >= 0.6 is 15.9 Å². The molecule has 0 unspecified atom stereocenters. The van der Waals surface area contributed by atoms with E-state index in [4.69, 9.17) is 4.42 Å². The van der Waals surface area contributed by atoms with Gasteiger partial charge in [-0.3, -0.25) is 14.2 Å². The van der Waals surface area contributed by atoms with E-state index in [1.807, 2.05) is 13.0 Å². The van der Waals surface area contributed by atoms with Gasteiger partial charge in [0, 0.05) is 11.9 Å². The monoisotopic (exact) mass is 438 g/mol. The molecule has 0 saturated carbocycles. The van der Waals surface area contributed by atoms with Gasteiger partial charge in [0.15, 0.2) is 16.1 Å². The number of hydrogen-bond donors (Lipinski definition) is 1. The summed E-state index contributed by atoms with van der Waals surface area (Å²) in [5.74, 6) is 0.384. The lowest BCUT2D eigenvalue weighted by Gasteiger charge is -2.13. The molecule has 0 saturated heterocycles. The number of anilines is 1. The molecule has 3 heterocycles. The second-order valence-electron chi connectivity index (χ2n) is 6.23. The van der Waals surface area contributed by atoms with Crippen molar-refractivity contribution in [2.45, 2.75) is 13.8 Å². The molecule has 4 rings (SSSR count). The zero-order chi connectivity index (χ0) is 19.8. The van der Waals surface area contributed by atoms with Crippen LogP contribution in [0.1, 0.15) is 21.9 Å². The molecule has 0 fully saturated rings. The Morgan fingerprint density at radius 3 is 2.71 bits per heavy atom. The van der Waals surface area contributed by atoms with Gasteiger partial charge in [-0.1, -0.05) is 0 Å². The highest BCUT2D eigenvalue weighted by molar-refractivity contribution is 9.10. The summed E-state index contributed by atoms with van der Waals surface area (Å²) >= 11 is 3.18. The van der Waals surface area contributed by atoms with Crippen molar-refractivity contribution >= 4 is 38.6 Å². The maximum atomic E-state index is 12.9. The standard InChI is InChI=1S/C20H15BrN4O3/c1-11-10-13(5-6-15(11)24-19(26)16-7-8-17(21)28-16)25-12(2)23-18-14(20(25)27)4-3-9-22-18/h3-10H,1-2H3,(H,24,26). The summed E-state index contributed by atoms with van der Waals surface area (Å²) in [4.78, 5) is 33.8. The van der Waals surface area contributed by atoms with Crippen LogP contribution < -0.4 is 10.9 Å². The SMILES string of the molecule is Cc1cc(-n2c(C)nc3ncccc3c2=O)ccc1NC(=O)c1ccc(Br)o1. The third-order valence-corrected chi connectivity index (χ3v) is 4.75. The molecule has 1 N–H and O–H groups in total. The van der Waals surface area contributed by atoms with Crippen molar-refractivity contribution in [3.63, 3.8) is 0 Å². The van der Waals surface area contributed by atoms with E-state index in [0.29, 0.717) is 32.9 Å². The number of furan rings is 1. The Bertz CT molecular complexity index is 1280. The van der Waals surface area contributed by atoms with E-state index >= 15 is 0 Å². The third-order valence-electron chi connectivity index (χ3n) is 4.32. The highest BCUT2D eigenvalue weighted by atomic mass is 79.9. The summed E-state index contributed by atoms with van der Waals surface area (Å²) in [6.45, 7) is 3.61. The molecule has 4 aromatic rings. The highest BCUT2D eigenvalue weighted by Gasteiger charge is 2.14. The number of rotatable bonds is 3. The summed E-state index contributed by atoms with van der Waals surface area (Å²) in [5, 5.41) is 3.26. The normalized spacial score (nSPS) is 11.0. The largest absolute Gasteiger partial charge is 0.444 e. The van der Waals surface area contributed by atoms with E-state index in [1.165, 1.54) is 4.57 Å². The van der Waals surface area contributed by atoms with Crippen molar-refractivity contribution in [1.82, 2.24) is 14.5 Å². The average molecular weight is 439 g/mol. The molecule has 0 aliphatic heterocycles. The maximum Gasteiger partial charge on any atom is 0.291 e. The van der Waals surface area contributed by atoms with Crippen molar-refractivity contribution < 1.29 is 9.21 Å². The summed E-state index contributed by atoms with van der Waals surface area (Å²) in [6.07, 6.45) is 1.61. The lowest BCUT2D eigenvalue weighted by molar-refractivity contribution is 0.0995. The fraction of sp³-hybridized carbons (Fsp3) is 0.100. The van der Waals surface area contributed by atoms with Crippen molar-refractivity contribution in [2.24, 2.45) is 0 Å². The van der Waals surface area contributed by atoms with Gasteiger partial charge in [0.05, 0.1) is 11.1 Å². The van der Waals surface area contributed by atoms with Crippen LogP contribution in [0.15, 0.2) is 62.5 Å². The minimum absolute atomic E-state index is 0.188. The number of benzene rings is 1. The minimum atomic E-state index is -0.353. The molecule has 0 atom stereocenters. The molecule has 1 aromatic carbocycles. The van der Waals surface area contributed by atoms with Crippen molar-refractivity contribution in [3.05, 3.63) is 80.8 Å². The first kappa shape index (κ1) is 18.1. The zero-order valence-electron chi connectivity index (χ0n) is 15.1. The number of aryl methyl sites for hydroxylation is 2. The van der Waals surface area contributed by atoms with Crippen LogP contribution in [0, 0.1) is 13.8 Å². The predicted octanol–water partition coefficient (Wildman–Crippen LogP) is 4.01. The van der Waals surface area contributed by atoms with Crippen LogP contribution in [0.4, 0.5) is 5.69 Å². The van der Waals surface area contributed by atoms with E-state index in [9.17, 15) is 9.59 Å². The van der Waals surface area contributed by atoms with Gasteiger partial charge in [0.2, 0.25) is 0 Å². The van der Waals surface area contributed by atoms with Gasteiger partial charge in [-0.2, -0.15) is 0 Å². The number of hydrogen-bond acceptors (Lipinski definition) is 5. The molecular weight excluding hydrogens is 424 g/mol. The molecule has 0 aliphatic rings. The van der Waals surface area contributed by atoms with Crippen LogP contribution in [0.25, 0.3) is 16.7 Å². The molecule has 7 nitrogen and oxygen atoms in total. The molecule has 28 heavy (non-hydrogen) atoms. The summed E-state index contributed by atoms with van der Waals surface area (Å²) in [6, 6.07) is 12.0. The van der Waals surface area contributed by atoms with Gasteiger partial charge < -0.3 is 9.73 Å². The van der Waals surface area contributed by atoms with Crippen molar-refractivity contribution in [1.29, 1.82) is 0 Å². The number of nitrogens with zero attached hydrogens (tertiary/aromatic N) is 3. The fourth-order valence-corrected chi connectivity index (χ4v) is 3.28. The first-order valence-electron chi connectivity index (χ1n) is 8.46. The van der Waals surface area contributed by atoms with Gasteiger partial charge in [0.25, 0.3) is 11.5 Å². The van der Waals surface area contributed by atoms with E-state index in [1.54, 1.807) is 49.5 Å². The number of carbonyl (C=O) groups excluding carboxylic acids is 1. The first-order valence-corrected chi connectivity index (χ1v) is 9.25. The van der Waals surface area contributed by atoms with Crippen molar-refractivity contribution in [3.8, 4) is 5.69 Å². The van der Waals surface area contributed by atoms with Crippen LogP contribution in [0.3, 0.4) is 0 Å². The van der Waals surface area contributed by atoms with Crippen LogP contribution in [-0.2, 0) is 0 Å². The number of halogens is 1. The molecular formula is C20H15BrN4O3. The first-order chi connectivity index (χ1) is 13.4. The Balaban J connectivity index is 1.71. The number of carbonyl (C=O) groups is 1. The topological polar surface area (TPSA) is 90.0 Å². The van der Waals surface area contributed by atoms with Gasteiger partial charge in [-0.25, -0.2) is 9.97 Å². The lowest BCUT2D eigenvalue weighted by atomic mass is 10.1. The second-order valence-corrected chi connectivity index (χ2v) is 7.01. The second kappa shape index (κ2) is 7.05. The third kappa shape index (κ3) is 3.22. The Kier molecular flexibility index (Phi) is 4.56.